The molecule has 0 aliphatic carbocycles. The van der Waals surface area contributed by atoms with Crippen LogP contribution in [0.5, 0.6) is 0 Å². The van der Waals surface area contributed by atoms with Crippen LogP contribution in [0.4, 0.5) is 4.39 Å². The maximum absolute atomic E-state index is 12.9. The van der Waals surface area contributed by atoms with Crippen molar-refractivity contribution in [2.75, 3.05) is 0 Å². The molecule has 62 valence electrons. The molecule has 0 saturated carbocycles. The first kappa shape index (κ1) is 8.08. The van der Waals surface area contributed by atoms with E-state index in [1.54, 1.807) is 12.3 Å². The minimum absolute atomic E-state index is 0.141. The van der Waals surface area contributed by atoms with Crippen molar-refractivity contribution in [3.63, 3.8) is 0 Å². The summed E-state index contributed by atoms with van der Waals surface area (Å²) in [6.07, 6.45) is 1.75. The van der Waals surface area contributed by atoms with E-state index in [9.17, 15) is 4.39 Å². The van der Waals surface area contributed by atoms with Crippen LogP contribution in [0.2, 0.25) is 5.02 Å². The Hall–Kier alpha value is -0.540. The lowest BCUT2D eigenvalue weighted by Crippen LogP contribution is -1.76. The number of rotatable bonds is 0. The Kier molecular flexibility index (Phi) is 1.85. The molecule has 0 aliphatic rings. The summed E-state index contributed by atoms with van der Waals surface area (Å²) in [5.74, 6) is -0.404. The molecule has 1 aromatic carbocycles. The number of aromatic amines is 1. The molecule has 0 bridgehead atoms. The summed E-state index contributed by atoms with van der Waals surface area (Å²) in [5.41, 5.74) is 0.740. The molecule has 0 radical (unpaired) electrons. The van der Waals surface area contributed by atoms with E-state index in [1.165, 1.54) is 6.07 Å². The lowest BCUT2D eigenvalue weighted by atomic mass is 10.2. The highest BCUT2D eigenvalue weighted by Crippen LogP contribution is 2.27. The number of aromatic nitrogens is 1. The smallest absolute Gasteiger partial charge is 0.143 e. The van der Waals surface area contributed by atoms with Gasteiger partial charge >= 0.3 is 0 Å². The van der Waals surface area contributed by atoms with E-state index < -0.39 is 5.82 Å². The molecule has 12 heavy (non-hydrogen) atoms. The number of halogens is 3. The van der Waals surface area contributed by atoms with Crippen LogP contribution in [0, 0.1) is 5.82 Å². The second kappa shape index (κ2) is 2.75. The molecule has 0 spiro atoms. The number of hydrogen-bond acceptors (Lipinski definition) is 0. The molecule has 2 aromatic rings. The van der Waals surface area contributed by atoms with Gasteiger partial charge in [0, 0.05) is 21.6 Å². The van der Waals surface area contributed by atoms with Gasteiger partial charge in [-0.15, -0.1) is 0 Å². The zero-order valence-electron chi connectivity index (χ0n) is 5.87. The largest absolute Gasteiger partial charge is 0.360 e. The van der Waals surface area contributed by atoms with Crippen LogP contribution in [0.3, 0.4) is 0 Å². The Balaban J connectivity index is 2.87. The summed E-state index contributed by atoms with van der Waals surface area (Å²) in [6.45, 7) is 0. The van der Waals surface area contributed by atoms with E-state index in [4.69, 9.17) is 11.6 Å². The predicted molar refractivity (Wildman–Crippen MR) is 51.0 cm³/mol. The second-order valence-electron chi connectivity index (χ2n) is 2.45. The number of fused-ring (bicyclic) bond motifs is 1. The quantitative estimate of drug-likeness (QED) is 0.731. The molecule has 1 N–H and O–H groups in total. The van der Waals surface area contributed by atoms with E-state index >= 15 is 0 Å². The Labute approximate surface area is 81.7 Å². The molecule has 0 fully saturated rings. The molecule has 4 heteroatoms. The zero-order valence-corrected chi connectivity index (χ0v) is 8.21. The van der Waals surface area contributed by atoms with Gasteiger partial charge in [0.15, 0.2) is 0 Å². The van der Waals surface area contributed by atoms with Gasteiger partial charge < -0.3 is 4.98 Å². The minimum atomic E-state index is -0.404. The van der Waals surface area contributed by atoms with Crippen LogP contribution in [-0.4, -0.2) is 4.98 Å². The first-order valence-electron chi connectivity index (χ1n) is 3.30. The molecule has 0 aliphatic heterocycles. The lowest BCUT2D eigenvalue weighted by Gasteiger charge is -1.94. The molecule has 2 rings (SSSR count). The van der Waals surface area contributed by atoms with E-state index in [0.29, 0.717) is 0 Å². The molecular formula is C8H4BrClFN. The summed E-state index contributed by atoms with van der Waals surface area (Å²) in [5, 5.41) is 1.03. The third-order valence-corrected chi connectivity index (χ3v) is 2.62. The first-order chi connectivity index (χ1) is 5.68. The van der Waals surface area contributed by atoms with Crippen molar-refractivity contribution >= 4 is 38.4 Å². The van der Waals surface area contributed by atoms with Crippen molar-refractivity contribution in [1.82, 2.24) is 4.98 Å². The van der Waals surface area contributed by atoms with Crippen molar-refractivity contribution in [3.8, 4) is 0 Å². The summed E-state index contributed by atoms with van der Waals surface area (Å²) in [6, 6.07) is 2.97. The number of nitrogens with one attached hydrogen (secondary N) is 1. The number of hydrogen-bond donors (Lipinski definition) is 1. The van der Waals surface area contributed by atoms with Crippen LogP contribution in [0.15, 0.2) is 22.8 Å². The number of benzene rings is 1. The molecule has 1 aromatic heterocycles. The highest BCUT2D eigenvalue weighted by atomic mass is 79.9. The molecule has 0 saturated heterocycles. The number of H-pyrrole nitrogens is 1. The van der Waals surface area contributed by atoms with Gasteiger partial charge in [-0.25, -0.2) is 4.39 Å². The van der Waals surface area contributed by atoms with Crippen molar-refractivity contribution in [1.29, 1.82) is 0 Å². The average Bonchev–Trinajstić information content (AvgIpc) is 2.35. The fraction of sp³-hybridized carbons (Fsp3) is 0. The topological polar surface area (TPSA) is 15.8 Å². The predicted octanol–water partition coefficient (Wildman–Crippen LogP) is 3.72. The Morgan fingerprint density at radius 2 is 2.17 bits per heavy atom. The Morgan fingerprint density at radius 1 is 1.42 bits per heavy atom. The molecular weight excluding hydrogens is 244 g/mol. The van der Waals surface area contributed by atoms with Gasteiger partial charge in [-0.1, -0.05) is 11.6 Å². The Morgan fingerprint density at radius 3 is 2.92 bits per heavy atom. The van der Waals surface area contributed by atoms with Crippen molar-refractivity contribution in [2.24, 2.45) is 0 Å². The van der Waals surface area contributed by atoms with Gasteiger partial charge in [-0.2, -0.15) is 0 Å². The van der Waals surface area contributed by atoms with Crippen molar-refractivity contribution in [2.45, 2.75) is 0 Å². The van der Waals surface area contributed by atoms with Crippen molar-refractivity contribution in [3.05, 3.63) is 33.6 Å². The van der Waals surface area contributed by atoms with Crippen molar-refractivity contribution < 1.29 is 4.39 Å². The Bertz CT molecular complexity index is 438. The molecule has 0 unspecified atom stereocenters. The van der Waals surface area contributed by atoms with E-state index in [-0.39, 0.29) is 5.02 Å². The zero-order chi connectivity index (χ0) is 8.72. The third kappa shape index (κ3) is 1.13. The van der Waals surface area contributed by atoms with E-state index in [2.05, 4.69) is 20.9 Å². The van der Waals surface area contributed by atoms with E-state index in [1.807, 2.05) is 0 Å². The van der Waals surface area contributed by atoms with Gasteiger partial charge in [-0.05, 0) is 28.1 Å². The third-order valence-electron chi connectivity index (χ3n) is 1.67. The van der Waals surface area contributed by atoms with Crippen LogP contribution in [0.25, 0.3) is 10.9 Å². The summed E-state index contributed by atoms with van der Waals surface area (Å²) in [7, 11) is 0. The molecule has 0 atom stereocenters. The fourth-order valence-electron chi connectivity index (χ4n) is 1.08. The summed E-state index contributed by atoms with van der Waals surface area (Å²) in [4.78, 5) is 2.91. The molecule has 1 heterocycles. The maximum atomic E-state index is 12.9. The lowest BCUT2D eigenvalue weighted by molar-refractivity contribution is 0.630. The van der Waals surface area contributed by atoms with E-state index in [0.717, 1.165) is 15.4 Å². The normalized spacial score (nSPS) is 10.9. The molecule has 0 amide bonds. The summed E-state index contributed by atoms with van der Waals surface area (Å²) >= 11 is 8.92. The first-order valence-corrected chi connectivity index (χ1v) is 4.47. The minimum Gasteiger partial charge on any atom is -0.360 e. The van der Waals surface area contributed by atoms with Crippen LogP contribution in [-0.2, 0) is 0 Å². The van der Waals surface area contributed by atoms with Crippen LogP contribution < -0.4 is 0 Å². The van der Waals surface area contributed by atoms with Gasteiger partial charge in [0.2, 0.25) is 0 Å². The van der Waals surface area contributed by atoms with Crippen LogP contribution >= 0.6 is 27.5 Å². The molecule has 1 nitrogen and oxygen atoms in total. The van der Waals surface area contributed by atoms with Gasteiger partial charge in [0.1, 0.15) is 5.82 Å². The van der Waals surface area contributed by atoms with Gasteiger partial charge in [0.05, 0.1) is 5.02 Å². The SMILES string of the molecule is Fc1cc2[nH]cc(Br)c2cc1Cl. The van der Waals surface area contributed by atoms with Crippen LogP contribution in [0.1, 0.15) is 0 Å². The average molecular weight is 248 g/mol. The van der Waals surface area contributed by atoms with Gasteiger partial charge in [-0.3, -0.25) is 0 Å². The monoisotopic (exact) mass is 247 g/mol. The highest BCUT2D eigenvalue weighted by molar-refractivity contribution is 9.10. The standard InChI is InChI=1S/C8H4BrClFN/c9-5-3-12-8-2-7(11)6(10)1-4(5)8/h1-3,12H. The highest BCUT2D eigenvalue weighted by Gasteiger charge is 2.05. The maximum Gasteiger partial charge on any atom is 0.143 e. The summed E-state index contributed by atoms with van der Waals surface area (Å²) < 4.78 is 13.8. The second-order valence-corrected chi connectivity index (χ2v) is 3.71. The fourth-order valence-corrected chi connectivity index (χ4v) is 1.69. The van der Waals surface area contributed by atoms with Gasteiger partial charge in [0.25, 0.3) is 0 Å².